The maximum Gasteiger partial charge on any atom is 0.331 e. The number of benzene rings is 1. The number of nitro benzene ring substituents is 1. The molecular formula is C19H19N3O7. The van der Waals surface area contributed by atoms with Gasteiger partial charge in [-0.1, -0.05) is 0 Å². The van der Waals surface area contributed by atoms with E-state index < -0.39 is 23.4 Å². The molecule has 0 radical (unpaired) electrons. The number of nitrogens with zero attached hydrogens (tertiary/aromatic N) is 2. The SMILES string of the molecule is CN(CC(=O)NCc1ccco1)C(=O)COC(=O)/C=C/c1ccc([N+](=O)[O-])cc1. The molecule has 0 saturated heterocycles. The first-order chi connectivity index (χ1) is 13.8. The predicted molar refractivity (Wildman–Crippen MR) is 101 cm³/mol. The highest BCUT2D eigenvalue weighted by atomic mass is 16.6. The van der Waals surface area contributed by atoms with Crippen LogP contribution >= 0.6 is 0 Å². The van der Waals surface area contributed by atoms with Crippen molar-refractivity contribution in [2.24, 2.45) is 0 Å². The molecule has 152 valence electrons. The first kappa shape index (κ1) is 21.4. The van der Waals surface area contributed by atoms with Crippen molar-refractivity contribution >= 4 is 29.5 Å². The summed E-state index contributed by atoms with van der Waals surface area (Å²) in [5.41, 5.74) is 0.496. The van der Waals surface area contributed by atoms with E-state index in [-0.39, 0.29) is 24.7 Å². The summed E-state index contributed by atoms with van der Waals surface area (Å²) in [5, 5.41) is 13.2. The number of amides is 2. The van der Waals surface area contributed by atoms with Crippen LogP contribution in [0.2, 0.25) is 0 Å². The van der Waals surface area contributed by atoms with Gasteiger partial charge in [0.25, 0.3) is 11.6 Å². The van der Waals surface area contributed by atoms with Crippen LogP contribution in [0.4, 0.5) is 5.69 Å². The van der Waals surface area contributed by atoms with Gasteiger partial charge in [-0.25, -0.2) is 4.79 Å². The number of likely N-dealkylation sites (N-methyl/N-ethyl adjacent to an activating group) is 1. The van der Waals surface area contributed by atoms with E-state index in [2.05, 4.69) is 5.32 Å². The fraction of sp³-hybridized carbons (Fsp3) is 0.211. The molecule has 0 atom stereocenters. The molecule has 1 aromatic heterocycles. The maximum atomic E-state index is 12.0. The van der Waals surface area contributed by atoms with Crippen molar-refractivity contribution in [1.29, 1.82) is 0 Å². The number of ether oxygens (including phenoxy) is 1. The molecule has 10 nitrogen and oxygen atoms in total. The van der Waals surface area contributed by atoms with Crippen molar-refractivity contribution in [2.45, 2.75) is 6.54 Å². The van der Waals surface area contributed by atoms with Crippen LogP contribution in [0.25, 0.3) is 6.08 Å². The van der Waals surface area contributed by atoms with Gasteiger partial charge in [0.15, 0.2) is 6.61 Å². The highest BCUT2D eigenvalue weighted by Gasteiger charge is 2.14. The van der Waals surface area contributed by atoms with Crippen LogP contribution in [0.3, 0.4) is 0 Å². The maximum absolute atomic E-state index is 12.0. The number of nitrogens with one attached hydrogen (secondary N) is 1. The molecule has 2 amide bonds. The molecule has 0 unspecified atom stereocenters. The quantitative estimate of drug-likeness (QED) is 0.291. The van der Waals surface area contributed by atoms with E-state index in [1.165, 1.54) is 43.7 Å². The summed E-state index contributed by atoms with van der Waals surface area (Å²) in [4.78, 5) is 46.7. The summed E-state index contributed by atoms with van der Waals surface area (Å²) in [6, 6.07) is 8.96. The molecule has 1 heterocycles. The van der Waals surface area contributed by atoms with Crippen molar-refractivity contribution in [1.82, 2.24) is 10.2 Å². The average molecular weight is 401 g/mol. The third kappa shape index (κ3) is 7.29. The number of carbonyl (C=O) groups excluding carboxylic acids is 3. The van der Waals surface area contributed by atoms with Gasteiger partial charge in [0.05, 0.1) is 24.3 Å². The lowest BCUT2D eigenvalue weighted by atomic mass is 10.2. The Bertz CT molecular complexity index is 889. The Morgan fingerprint density at radius 3 is 2.59 bits per heavy atom. The number of furan rings is 1. The molecule has 0 bridgehead atoms. The summed E-state index contributed by atoms with van der Waals surface area (Å²) in [6.45, 7) is -0.516. The Hall–Kier alpha value is -3.95. The number of rotatable bonds is 9. The minimum Gasteiger partial charge on any atom is -0.467 e. The van der Waals surface area contributed by atoms with Crippen molar-refractivity contribution in [2.75, 3.05) is 20.2 Å². The van der Waals surface area contributed by atoms with Gasteiger partial charge < -0.3 is 19.4 Å². The van der Waals surface area contributed by atoms with Crippen molar-refractivity contribution < 1.29 is 28.5 Å². The highest BCUT2D eigenvalue weighted by molar-refractivity contribution is 5.90. The largest absolute Gasteiger partial charge is 0.467 e. The highest BCUT2D eigenvalue weighted by Crippen LogP contribution is 2.12. The van der Waals surface area contributed by atoms with Crippen LogP contribution in [-0.2, 0) is 25.7 Å². The topological polar surface area (TPSA) is 132 Å². The van der Waals surface area contributed by atoms with E-state index in [0.717, 1.165) is 11.0 Å². The second-order valence-corrected chi connectivity index (χ2v) is 5.90. The molecule has 0 aliphatic heterocycles. The molecule has 0 aliphatic carbocycles. The molecule has 0 aliphatic rings. The lowest BCUT2D eigenvalue weighted by Crippen LogP contribution is -2.39. The zero-order valence-electron chi connectivity index (χ0n) is 15.6. The molecule has 1 N–H and O–H groups in total. The normalized spacial score (nSPS) is 10.5. The summed E-state index contributed by atoms with van der Waals surface area (Å²) in [7, 11) is 1.41. The van der Waals surface area contributed by atoms with Gasteiger partial charge in [-0.3, -0.25) is 19.7 Å². The molecule has 0 fully saturated rings. The molecule has 2 aromatic rings. The summed E-state index contributed by atoms with van der Waals surface area (Å²) >= 11 is 0. The summed E-state index contributed by atoms with van der Waals surface area (Å²) < 4.78 is 9.92. The number of hydrogen-bond acceptors (Lipinski definition) is 7. The number of hydrogen-bond donors (Lipinski definition) is 1. The molecular weight excluding hydrogens is 382 g/mol. The van der Waals surface area contributed by atoms with Gasteiger partial charge in [0, 0.05) is 25.3 Å². The van der Waals surface area contributed by atoms with Crippen LogP contribution < -0.4 is 5.32 Å². The van der Waals surface area contributed by atoms with Crippen molar-refractivity contribution in [3.63, 3.8) is 0 Å². The van der Waals surface area contributed by atoms with Crippen molar-refractivity contribution in [3.05, 3.63) is 70.2 Å². The Labute approximate surface area is 165 Å². The molecule has 1 aromatic carbocycles. The monoisotopic (exact) mass is 401 g/mol. The van der Waals surface area contributed by atoms with Gasteiger partial charge in [-0.15, -0.1) is 0 Å². The van der Waals surface area contributed by atoms with Crippen LogP contribution in [-0.4, -0.2) is 47.8 Å². The third-order valence-corrected chi connectivity index (χ3v) is 3.70. The minimum atomic E-state index is -0.757. The molecule has 0 saturated carbocycles. The van der Waals surface area contributed by atoms with Crippen LogP contribution in [0.15, 0.2) is 53.2 Å². The first-order valence-electron chi connectivity index (χ1n) is 8.47. The second kappa shape index (κ2) is 10.4. The zero-order chi connectivity index (χ0) is 21.2. The van der Waals surface area contributed by atoms with Crippen LogP contribution in [0, 0.1) is 10.1 Å². The lowest BCUT2D eigenvalue weighted by Gasteiger charge is -2.16. The Morgan fingerprint density at radius 1 is 1.24 bits per heavy atom. The number of non-ortho nitro benzene ring substituents is 1. The third-order valence-electron chi connectivity index (χ3n) is 3.70. The molecule has 10 heteroatoms. The summed E-state index contributed by atoms with van der Waals surface area (Å²) in [6.07, 6.45) is 3.99. The van der Waals surface area contributed by atoms with Gasteiger partial charge in [0.2, 0.25) is 5.91 Å². The van der Waals surface area contributed by atoms with E-state index in [9.17, 15) is 24.5 Å². The van der Waals surface area contributed by atoms with E-state index in [1.54, 1.807) is 12.1 Å². The van der Waals surface area contributed by atoms with Crippen LogP contribution in [0.1, 0.15) is 11.3 Å². The van der Waals surface area contributed by atoms with Gasteiger partial charge in [0.1, 0.15) is 5.76 Å². The first-order valence-corrected chi connectivity index (χ1v) is 8.47. The van der Waals surface area contributed by atoms with E-state index in [0.29, 0.717) is 11.3 Å². The van der Waals surface area contributed by atoms with Gasteiger partial charge >= 0.3 is 5.97 Å². The fourth-order valence-corrected chi connectivity index (χ4v) is 2.12. The Morgan fingerprint density at radius 2 is 1.97 bits per heavy atom. The van der Waals surface area contributed by atoms with Crippen LogP contribution in [0.5, 0.6) is 0 Å². The minimum absolute atomic E-state index is 0.0634. The molecule has 0 spiro atoms. The van der Waals surface area contributed by atoms with Gasteiger partial charge in [-0.2, -0.15) is 0 Å². The van der Waals surface area contributed by atoms with E-state index >= 15 is 0 Å². The standard InChI is InChI=1S/C19H19N3O7/c1-21(12-17(23)20-11-16-3-2-10-28-16)18(24)13-29-19(25)9-6-14-4-7-15(8-5-14)22(26)27/h2-10H,11-13H2,1H3,(H,20,23)/b9-6+. The lowest BCUT2D eigenvalue weighted by molar-refractivity contribution is -0.384. The molecule has 29 heavy (non-hydrogen) atoms. The van der Waals surface area contributed by atoms with Gasteiger partial charge in [-0.05, 0) is 35.9 Å². The zero-order valence-corrected chi connectivity index (χ0v) is 15.6. The predicted octanol–water partition coefficient (Wildman–Crippen LogP) is 1.52. The number of carbonyl (C=O) groups is 3. The smallest absolute Gasteiger partial charge is 0.331 e. The Balaban J connectivity index is 1.71. The number of nitro groups is 1. The van der Waals surface area contributed by atoms with Crippen molar-refractivity contribution in [3.8, 4) is 0 Å². The van der Waals surface area contributed by atoms with E-state index in [1.807, 2.05) is 0 Å². The summed E-state index contributed by atoms with van der Waals surface area (Å²) in [5.74, 6) is -1.11. The fourth-order valence-electron chi connectivity index (χ4n) is 2.12. The second-order valence-electron chi connectivity index (χ2n) is 5.90. The van der Waals surface area contributed by atoms with E-state index in [4.69, 9.17) is 9.15 Å². The molecule has 2 rings (SSSR count). The number of esters is 1. The average Bonchev–Trinajstić information content (AvgIpc) is 3.22. The Kier molecular flexibility index (Phi) is 7.66.